The summed E-state index contributed by atoms with van der Waals surface area (Å²) in [6.45, 7) is 1.90. The first-order chi connectivity index (χ1) is 10.0. The highest BCUT2D eigenvalue weighted by molar-refractivity contribution is 6.22. The van der Waals surface area contributed by atoms with Gasteiger partial charge in [-0.1, -0.05) is 19.1 Å². The second-order valence-corrected chi connectivity index (χ2v) is 4.84. The zero-order valence-electron chi connectivity index (χ0n) is 11.4. The minimum Gasteiger partial charge on any atom is -0.276 e. The lowest BCUT2D eigenvalue weighted by Gasteiger charge is -2.32. The summed E-state index contributed by atoms with van der Waals surface area (Å²) >= 11 is 0. The van der Waals surface area contributed by atoms with Crippen molar-refractivity contribution in [3.05, 3.63) is 34.9 Å². The number of imide groups is 2. The summed E-state index contributed by atoms with van der Waals surface area (Å²) in [6.07, 6.45) is 0.667. The van der Waals surface area contributed by atoms with Gasteiger partial charge in [-0.15, -0.1) is 0 Å². The van der Waals surface area contributed by atoms with Crippen molar-refractivity contribution >= 4 is 23.8 Å². The predicted molar refractivity (Wildman–Crippen MR) is 71.2 cm³/mol. The van der Waals surface area contributed by atoms with E-state index in [0.717, 1.165) is 15.6 Å². The van der Waals surface area contributed by atoms with Crippen LogP contribution >= 0.6 is 0 Å². The van der Waals surface area contributed by atoms with E-state index in [4.69, 9.17) is 0 Å². The van der Waals surface area contributed by atoms with Crippen LogP contribution in [-0.4, -0.2) is 40.3 Å². The maximum atomic E-state index is 12.5. The van der Waals surface area contributed by atoms with Crippen LogP contribution in [-0.2, 0) is 11.2 Å². The maximum Gasteiger partial charge on any atom is 0.343 e. The Bertz CT molecular complexity index is 683. The summed E-state index contributed by atoms with van der Waals surface area (Å²) in [5.74, 6) is -1.46. The van der Waals surface area contributed by atoms with Crippen molar-refractivity contribution in [3.8, 4) is 0 Å². The Kier molecular flexibility index (Phi) is 2.97. The zero-order valence-corrected chi connectivity index (χ0v) is 11.4. The van der Waals surface area contributed by atoms with E-state index >= 15 is 0 Å². The largest absolute Gasteiger partial charge is 0.343 e. The van der Waals surface area contributed by atoms with Gasteiger partial charge in [0, 0.05) is 6.42 Å². The third-order valence-corrected chi connectivity index (χ3v) is 3.63. The number of hydrogen-bond acceptors (Lipinski definition) is 4. The SMILES string of the molecule is CCc1cccc2c1C(=O)N(N1CCC(=O)NC1=O)C2=O. The number of hydrazine groups is 1. The van der Waals surface area contributed by atoms with Gasteiger partial charge in [-0.3, -0.25) is 19.7 Å². The van der Waals surface area contributed by atoms with E-state index in [0.29, 0.717) is 17.5 Å². The molecule has 5 amide bonds. The summed E-state index contributed by atoms with van der Waals surface area (Å²) in [7, 11) is 0. The monoisotopic (exact) mass is 287 g/mol. The maximum absolute atomic E-state index is 12.5. The Hall–Kier alpha value is -2.70. The highest BCUT2D eigenvalue weighted by Gasteiger charge is 2.43. The van der Waals surface area contributed by atoms with Gasteiger partial charge < -0.3 is 0 Å². The van der Waals surface area contributed by atoms with Crippen LogP contribution < -0.4 is 5.32 Å². The van der Waals surface area contributed by atoms with E-state index in [9.17, 15) is 19.2 Å². The minimum absolute atomic E-state index is 0.0115. The summed E-state index contributed by atoms with van der Waals surface area (Å²) in [5, 5.41) is 3.92. The average molecular weight is 287 g/mol. The number of nitrogens with one attached hydrogen (secondary N) is 1. The fourth-order valence-corrected chi connectivity index (χ4v) is 2.60. The first-order valence-corrected chi connectivity index (χ1v) is 6.66. The number of carbonyl (C=O) groups excluding carboxylic acids is 4. The first kappa shape index (κ1) is 13.3. The molecule has 0 saturated carbocycles. The van der Waals surface area contributed by atoms with E-state index in [2.05, 4.69) is 5.32 Å². The van der Waals surface area contributed by atoms with E-state index in [-0.39, 0.29) is 13.0 Å². The lowest BCUT2D eigenvalue weighted by molar-refractivity contribution is -0.122. The molecule has 0 aromatic heterocycles. The van der Waals surface area contributed by atoms with Crippen LogP contribution in [0.5, 0.6) is 0 Å². The van der Waals surface area contributed by atoms with Gasteiger partial charge in [-0.25, -0.2) is 9.80 Å². The number of carbonyl (C=O) groups is 4. The van der Waals surface area contributed by atoms with E-state index < -0.39 is 23.8 Å². The van der Waals surface area contributed by atoms with Crippen LogP contribution in [0.1, 0.15) is 39.6 Å². The number of aryl methyl sites for hydroxylation is 1. The molecule has 0 atom stereocenters. The molecule has 0 unspecified atom stereocenters. The van der Waals surface area contributed by atoms with E-state index in [1.807, 2.05) is 6.92 Å². The number of nitrogens with zero attached hydrogens (tertiary/aromatic N) is 2. The van der Waals surface area contributed by atoms with Crippen LogP contribution in [0.4, 0.5) is 4.79 Å². The highest BCUT2D eigenvalue weighted by atomic mass is 16.2. The number of benzene rings is 1. The number of fused-ring (bicyclic) bond motifs is 1. The Morgan fingerprint density at radius 2 is 1.90 bits per heavy atom. The van der Waals surface area contributed by atoms with Gasteiger partial charge in [0.25, 0.3) is 11.8 Å². The average Bonchev–Trinajstić information content (AvgIpc) is 2.72. The Morgan fingerprint density at radius 3 is 2.57 bits per heavy atom. The Balaban J connectivity index is 2.00. The van der Waals surface area contributed by atoms with Crippen molar-refractivity contribution in [1.82, 2.24) is 15.3 Å². The van der Waals surface area contributed by atoms with Crippen molar-refractivity contribution in [3.63, 3.8) is 0 Å². The molecule has 7 nitrogen and oxygen atoms in total. The topological polar surface area (TPSA) is 86.8 Å². The fourth-order valence-electron chi connectivity index (χ4n) is 2.60. The molecule has 3 rings (SSSR count). The molecule has 108 valence electrons. The minimum atomic E-state index is -0.751. The van der Waals surface area contributed by atoms with Crippen molar-refractivity contribution in [1.29, 1.82) is 0 Å². The number of amides is 5. The normalized spacial score (nSPS) is 18.1. The molecule has 0 bridgehead atoms. The standard InChI is InChI=1S/C14H13N3O4/c1-2-8-4-3-5-9-11(8)13(20)17(12(9)19)16-7-6-10(18)15-14(16)21/h3-5H,2,6-7H2,1H3,(H,15,18,21). The van der Waals surface area contributed by atoms with Gasteiger partial charge >= 0.3 is 6.03 Å². The Morgan fingerprint density at radius 1 is 1.14 bits per heavy atom. The van der Waals surface area contributed by atoms with Crippen molar-refractivity contribution in [2.24, 2.45) is 0 Å². The van der Waals surface area contributed by atoms with Crippen molar-refractivity contribution in [2.75, 3.05) is 6.54 Å². The van der Waals surface area contributed by atoms with Gasteiger partial charge in [-0.05, 0) is 18.1 Å². The molecule has 1 aromatic carbocycles. The first-order valence-electron chi connectivity index (χ1n) is 6.66. The second kappa shape index (κ2) is 4.69. The molecule has 1 N–H and O–H groups in total. The Labute approximate surface area is 120 Å². The lowest BCUT2D eigenvalue weighted by Crippen LogP contribution is -2.58. The summed E-state index contributed by atoms with van der Waals surface area (Å²) in [5.41, 5.74) is 1.40. The molecule has 2 heterocycles. The van der Waals surface area contributed by atoms with E-state index in [1.165, 1.54) is 0 Å². The van der Waals surface area contributed by atoms with Crippen molar-refractivity contribution < 1.29 is 19.2 Å². The lowest BCUT2D eigenvalue weighted by atomic mass is 10.0. The van der Waals surface area contributed by atoms with Crippen molar-refractivity contribution in [2.45, 2.75) is 19.8 Å². The van der Waals surface area contributed by atoms with Crippen LogP contribution in [0.15, 0.2) is 18.2 Å². The molecule has 0 aliphatic carbocycles. The highest BCUT2D eigenvalue weighted by Crippen LogP contribution is 2.28. The van der Waals surface area contributed by atoms with E-state index in [1.54, 1.807) is 18.2 Å². The molecule has 0 radical (unpaired) electrons. The molecule has 0 spiro atoms. The van der Waals surface area contributed by atoms with Gasteiger partial charge in [0.2, 0.25) is 5.91 Å². The number of hydrogen-bond donors (Lipinski definition) is 1. The third kappa shape index (κ3) is 1.89. The van der Waals surface area contributed by atoms with Crippen LogP contribution in [0.25, 0.3) is 0 Å². The quantitative estimate of drug-likeness (QED) is 0.811. The molecule has 1 saturated heterocycles. The zero-order chi connectivity index (χ0) is 15.1. The predicted octanol–water partition coefficient (Wildman–Crippen LogP) is 0.702. The molecule has 21 heavy (non-hydrogen) atoms. The molecule has 2 aliphatic rings. The van der Waals surface area contributed by atoms with Gasteiger partial charge in [0.15, 0.2) is 0 Å². The number of urea groups is 1. The second-order valence-electron chi connectivity index (χ2n) is 4.84. The summed E-state index contributed by atoms with van der Waals surface area (Å²) < 4.78 is 0. The van der Waals surface area contributed by atoms with Gasteiger partial charge in [-0.2, -0.15) is 5.01 Å². The summed E-state index contributed by atoms with van der Waals surface area (Å²) in [4.78, 5) is 47.9. The fraction of sp³-hybridized carbons (Fsp3) is 0.286. The van der Waals surface area contributed by atoms with Crippen LogP contribution in [0.3, 0.4) is 0 Å². The molecular formula is C14H13N3O4. The summed E-state index contributed by atoms with van der Waals surface area (Å²) in [6, 6.07) is 4.32. The van der Waals surface area contributed by atoms with Gasteiger partial charge in [0.05, 0.1) is 17.7 Å². The molecule has 2 aliphatic heterocycles. The third-order valence-electron chi connectivity index (χ3n) is 3.63. The molecule has 1 fully saturated rings. The van der Waals surface area contributed by atoms with Crippen LogP contribution in [0.2, 0.25) is 0 Å². The smallest absolute Gasteiger partial charge is 0.276 e. The molecule has 7 heteroatoms. The van der Waals surface area contributed by atoms with Gasteiger partial charge in [0.1, 0.15) is 0 Å². The van der Waals surface area contributed by atoms with Crippen LogP contribution in [0, 0.1) is 0 Å². The molecular weight excluding hydrogens is 274 g/mol. The molecule has 1 aromatic rings. The number of rotatable bonds is 2.